The second-order valence-corrected chi connectivity index (χ2v) is 4.95. The molecule has 0 unspecified atom stereocenters. The van der Waals surface area contributed by atoms with Crippen LogP contribution in [0.5, 0.6) is 5.75 Å². The highest BCUT2D eigenvalue weighted by Gasteiger charge is 2.07. The lowest BCUT2D eigenvalue weighted by molar-refractivity contribution is 0.296. The van der Waals surface area contributed by atoms with E-state index in [9.17, 15) is 8.78 Å². The molecule has 0 fully saturated rings. The van der Waals surface area contributed by atoms with Crippen LogP contribution in [0.4, 0.5) is 8.78 Å². The molecule has 1 aromatic carbocycles. The minimum atomic E-state index is -0.879. The van der Waals surface area contributed by atoms with E-state index in [0.717, 1.165) is 25.1 Å². The van der Waals surface area contributed by atoms with Crippen molar-refractivity contribution in [3.8, 4) is 5.75 Å². The predicted octanol–water partition coefficient (Wildman–Crippen LogP) is 3.12. The van der Waals surface area contributed by atoms with Gasteiger partial charge < -0.3 is 10.1 Å². The van der Waals surface area contributed by atoms with Crippen molar-refractivity contribution in [2.45, 2.75) is 32.7 Å². The Morgan fingerprint density at radius 2 is 1.88 bits per heavy atom. The van der Waals surface area contributed by atoms with Crippen LogP contribution in [0.2, 0.25) is 0 Å². The van der Waals surface area contributed by atoms with Crippen LogP contribution >= 0.6 is 0 Å². The molecule has 0 atom stereocenters. The minimum absolute atomic E-state index is 0.0853. The molecule has 4 heteroatoms. The summed E-state index contributed by atoms with van der Waals surface area (Å²) in [5.41, 5.74) is 0.0853. The van der Waals surface area contributed by atoms with Gasteiger partial charge in [-0.05, 0) is 45.9 Å². The average Bonchev–Trinajstić information content (AvgIpc) is 2.21. The summed E-state index contributed by atoms with van der Waals surface area (Å²) in [6.07, 6.45) is 0.816. The quantitative estimate of drug-likeness (QED) is 0.802. The normalized spacial score (nSPS) is 11.6. The van der Waals surface area contributed by atoms with Gasteiger partial charge in [-0.2, -0.15) is 0 Å². The van der Waals surface area contributed by atoms with E-state index in [2.05, 4.69) is 26.1 Å². The number of rotatable bonds is 5. The molecule has 17 heavy (non-hydrogen) atoms. The molecular formula is C13H19F2NO. The van der Waals surface area contributed by atoms with E-state index in [4.69, 9.17) is 4.74 Å². The molecule has 0 aliphatic heterocycles. The van der Waals surface area contributed by atoms with E-state index in [1.165, 1.54) is 6.07 Å². The molecule has 0 saturated carbocycles. The lowest BCUT2D eigenvalue weighted by Gasteiger charge is -2.20. The van der Waals surface area contributed by atoms with Gasteiger partial charge in [0.15, 0.2) is 11.6 Å². The van der Waals surface area contributed by atoms with Gasteiger partial charge in [0.2, 0.25) is 0 Å². The number of hydrogen-bond acceptors (Lipinski definition) is 2. The lowest BCUT2D eigenvalue weighted by Crippen LogP contribution is -2.36. The third-order valence-electron chi connectivity index (χ3n) is 2.14. The molecule has 0 heterocycles. The van der Waals surface area contributed by atoms with E-state index >= 15 is 0 Å². The van der Waals surface area contributed by atoms with Gasteiger partial charge in [0.05, 0.1) is 6.61 Å². The fourth-order valence-electron chi connectivity index (χ4n) is 1.29. The topological polar surface area (TPSA) is 21.3 Å². The summed E-state index contributed by atoms with van der Waals surface area (Å²) in [7, 11) is 0. The first-order chi connectivity index (χ1) is 7.88. The van der Waals surface area contributed by atoms with E-state index in [0.29, 0.717) is 12.4 Å². The monoisotopic (exact) mass is 243 g/mol. The van der Waals surface area contributed by atoms with E-state index < -0.39 is 11.6 Å². The Hall–Kier alpha value is -1.16. The molecule has 96 valence electrons. The molecule has 0 radical (unpaired) electrons. The fourth-order valence-corrected chi connectivity index (χ4v) is 1.29. The Labute approximate surface area is 101 Å². The highest BCUT2D eigenvalue weighted by molar-refractivity contribution is 5.23. The third-order valence-corrected chi connectivity index (χ3v) is 2.14. The van der Waals surface area contributed by atoms with Crippen molar-refractivity contribution in [1.82, 2.24) is 5.32 Å². The van der Waals surface area contributed by atoms with Crippen molar-refractivity contribution >= 4 is 0 Å². The van der Waals surface area contributed by atoms with Gasteiger partial charge >= 0.3 is 0 Å². The predicted molar refractivity (Wildman–Crippen MR) is 64.2 cm³/mol. The number of ether oxygens (including phenoxy) is 1. The highest BCUT2D eigenvalue weighted by atomic mass is 19.2. The smallest absolute Gasteiger partial charge is 0.162 e. The number of halogens is 2. The molecule has 0 aliphatic rings. The summed E-state index contributed by atoms with van der Waals surface area (Å²) in [6, 6.07) is 3.56. The van der Waals surface area contributed by atoms with Crippen LogP contribution in [0.25, 0.3) is 0 Å². The zero-order valence-corrected chi connectivity index (χ0v) is 10.5. The lowest BCUT2D eigenvalue weighted by atomic mass is 10.1. The standard InChI is InChI=1S/C13H19F2NO/c1-13(2,3)16-7-4-8-17-10-5-6-11(14)12(15)9-10/h5-6,9,16H,4,7-8H2,1-3H3. The van der Waals surface area contributed by atoms with Gasteiger partial charge in [0, 0.05) is 11.6 Å². The molecule has 1 aromatic rings. The van der Waals surface area contributed by atoms with Crippen molar-refractivity contribution in [2.24, 2.45) is 0 Å². The number of benzene rings is 1. The van der Waals surface area contributed by atoms with Crippen molar-refractivity contribution in [3.63, 3.8) is 0 Å². The summed E-state index contributed by atoms with van der Waals surface area (Å²) in [5, 5.41) is 3.31. The summed E-state index contributed by atoms with van der Waals surface area (Å²) < 4.78 is 30.8. The Bertz CT molecular complexity index is 361. The van der Waals surface area contributed by atoms with Gasteiger partial charge in [-0.15, -0.1) is 0 Å². The van der Waals surface area contributed by atoms with E-state index in [1.807, 2.05) is 0 Å². The van der Waals surface area contributed by atoms with Crippen LogP contribution in [0, 0.1) is 11.6 Å². The summed E-state index contributed by atoms with van der Waals surface area (Å²) >= 11 is 0. The Morgan fingerprint density at radius 3 is 2.47 bits per heavy atom. The van der Waals surface area contributed by atoms with Gasteiger partial charge in [-0.1, -0.05) is 0 Å². The van der Waals surface area contributed by atoms with Crippen LogP contribution in [-0.4, -0.2) is 18.7 Å². The van der Waals surface area contributed by atoms with Crippen LogP contribution in [0.15, 0.2) is 18.2 Å². The maximum Gasteiger partial charge on any atom is 0.162 e. The van der Waals surface area contributed by atoms with Crippen LogP contribution in [0.3, 0.4) is 0 Å². The largest absolute Gasteiger partial charge is 0.493 e. The first-order valence-electron chi connectivity index (χ1n) is 5.71. The maximum atomic E-state index is 12.8. The highest BCUT2D eigenvalue weighted by Crippen LogP contribution is 2.15. The maximum absolute atomic E-state index is 12.8. The Kier molecular flexibility index (Phi) is 4.87. The summed E-state index contributed by atoms with van der Waals surface area (Å²) in [6.45, 7) is 7.57. The number of hydrogen-bond donors (Lipinski definition) is 1. The molecule has 0 bridgehead atoms. The van der Waals surface area contributed by atoms with Crippen molar-refractivity contribution in [3.05, 3.63) is 29.8 Å². The van der Waals surface area contributed by atoms with Gasteiger partial charge in [-0.25, -0.2) is 8.78 Å². The Morgan fingerprint density at radius 1 is 1.18 bits per heavy atom. The molecule has 0 spiro atoms. The number of nitrogens with one attached hydrogen (secondary N) is 1. The Balaban J connectivity index is 2.25. The molecule has 0 aromatic heterocycles. The van der Waals surface area contributed by atoms with E-state index in [-0.39, 0.29) is 5.54 Å². The molecule has 1 N–H and O–H groups in total. The van der Waals surface area contributed by atoms with Crippen molar-refractivity contribution in [2.75, 3.05) is 13.2 Å². The van der Waals surface area contributed by atoms with Gasteiger partial charge in [-0.3, -0.25) is 0 Å². The second-order valence-electron chi connectivity index (χ2n) is 4.95. The van der Waals surface area contributed by atoms with Crippen molar-refractivity contribution < 1.29 is 13.5 Å². The SMILES string of the molecule is CC(C)(C)NCCCOc1ccc(F)c(F)c1. The second kappa shape index (κ2) is 5.96. The van der Waals surface area contributed by atoms with Crippen LogP contribution < -0.4 is 10.1 Å². The molecule has 1 rings (SSSR count). The molecule has 2 nitrogen and oxygen atoms in total. The zero-order valence-electron chi connectivity index (χ0n) is 10.5. The van der Waals surface area contributed by atoms with Gasteiger partial charge in [0.25, 0.3) is 0 Å². The van der Waals surface area contributed by atoms with Gasteiger partial charge in [0.1, 0.15) is 5.75 Å². The fraction of sp³-hybridized carbons (Fsp3) is 0.538. The first kappa shape index (κ1) is 13.9. The summed E-state index contributed by atoms with van der Waals surface area (Å²) in [4.78, 5) is 0. The molecule has 0 aliphatic carbocycles. The minimum Gasteiger partial charge on any atom is -0.493 e. The molecular weight excluding hydrogens is 224 g/mol. The van der Waals surface area contributed by atoms with E-state index in [1.54, 1.807) is 0 Å². The molecule has 0 saturated heterocycles. The van der Waals surface area contributed by atoms with Crippen LogP contribution in [-0.2, 0) is 0 Å². The summed E-state index contributed by atoms with van der Waals surface area (Å²) in [5.74, 6) is -1.37. The van der Waals surface area contributed by atoms with Crippen LogP contribution in [0.1, 0.15) is 27.2 Å². The first-order valence-corrected chi connectivity index (χ1v) is 5.71. The average molecular weight is 243 g/mol. The third kappa shape index (κ3) is 5.63. The zero-order chi connectivity index (χ0) is 12.9. The van der Waals surface area contributed by atoms with Crippen molar-refractivity contribution in [1.29, 1.82) is 0 Å². The molecule has 0 amide bonds.